The third-order valence-electron chi connectivity index (χ3n) is 6.20. The van der Waals surface area contributed by atoms with Gasteiger partial charge in [-0.2, -0.15) is 0 Å². The van der Waals surface area contributed by atoms with E-state index in [0.717, 1.165) is 22.0 Å². The fourth-order valence-corrected chi connectivity index (χ4v) is 4.56. The molecule has 36 heavy (non-hydrogen) atoms. The lowest BCUT2D eigenvalue weighted by molar-refractivity contribution is -0.146. The summed E-state index contributed by atoms with van der Waals surface area (Å²) < 4.78 is 0. The number of para-hydroxylation sites is 1. The first-order valence-electron chi connectivity index (χ1n) is 11.6. The van der Waals surface area contributed by atoms with Crippen molar-refractivity contribution in [3.63, 3.8) is 0 Å². The summed E-state index contributed by atoms with van der Waals surface area (Å²) in [5.41, 5.74) is 2.58. The Balaban J connectivity index is 1.53. The molecule has 2 heterocycles. The van der Waals surface area contributed by atoms with E-state index in [9.17, 15) is 19.2 Å². The van der Waals surface area contributed by atoms with Crippen LogP contribution in [0.15, 0.2) is 54.7 Å². The summed E-state index contributed by atoms with van der Waals surface area (Å²) >= 11 is 6.28. The molecule has 3 N–H and O–H groups in total. The highest BCUT2D eigenvalue weighted by atomic mass is 35.5. The van der Waals surface area contributed by atoms with E-state index in [1.165, 1.54) is 9.80 Å². The summed E-state index contributed by atoms with van der Waals surface area (Å²) in [4.78, 5) is 56.7. The number of halogens is 1. The SMILES string of the molecule is CC1NC(=O)CN(CC(=O)NC(Cc2c[nH]c3ccccc23)C(=O)N(C)Cc2ccccc2Cl)C1=O. The van der Waals surface area contributed by atoms with Crippen molar-refractivity contribution in [3.05, 3.63) is 70.9 Å². The Labute approximate surface area is 213 Å². The molecule has 0 spiro atoms. The van der Waals surface area contributed by atoms with Gasteiger partial charge in [-0.25, -0.2) is 0 Å². The zero-order valence-electron chi connectivity index (χ0n) is 20.1. The van der Waals surface area contributed by atoms with Crippen LogP contribution >= 0.6 is 11.6 Å². The highest BCUT2D eigenvalue weighted by Crippen LogP contribution is 2.21. The van der Waals surface area contributed by atoms with Crippen LogP contribution in [0.3, 0.4) is 0 Å². The van der Waals surface area contributed by atoms with Gasteiger partial charge in [0.1, 0.15) is 25.2 Å². The Morgan fingerprint density at radius 3 is 2.64 bits per heavy atom. The van der Waals surface area contributed by atoms with Gasteiger partial charge in [-0.15, -0.1) is 0 Å². The number of hydrogen-bond donors (Lipinski definition) is 3. The summed E-state index contributed by atoms with van der Waals surface area (Å²) in [6, 6.07) is 13.4. The molecule has 4 amide bonds. The Morgan fingerprint density at radius 1 is 1.14 bits per heavy atom. The molecule has 0 saturated carbocycles. The monoisotopic (exact) mass is 509 g/mol. The third-order valence-corrected chi connectivity index (χ3v) is 6.57. The van der Waals surface area contributed by atoms with Crippen LogP contribution in [0.5, 0.6) is 0 Å². The molecule has 4 rings (SSSR count). The van der Waals surface area contributed by atoms with Crippen molar-refractivity contribution < 1.29 is 19.2 Å². The number of carbonyl (C=O) groups excluding carboxylic acids is 4. The van der Waals surface area contributed by atoms with Crippen LogP contribution in [0, 0.1) is 0 Å². The smallest absolute Gasteiger partial charge is 0.245 e. The molecule has 1 aliphatic heterocycles. The number of carbonyl (C=O) groups is 4. The maximum Gasteiger partial charge on any atom is 0.245 e. The molecule has 1 saturated heterocycles. The predicted molar refractivity (Wildman–Crippen MR) is 136 cm³/mol. The van der Waals surface area contributed by atoms with Crippen LogP contribution in [0.4, 0.5) is 0 Å². The molecule has 1 aromatic heterocycles. The zero-order chi connectivity index (χ0) is 25.8. The van der Waals surface area contributed by atoms with Crippen LogP contribution in [-0.4, -0.2) is 70.6 Å². The van der Waals surface area contributed by atoms with E-state index in [1.807, 2.05) is 48.7 Å². The second-order valence-electron chi connectivity index (χ2n) is 8.95. The average Bonchev–Trinajstić information content (AvgIpc) is 3.25. The fourth-order valence-electron chi connectivity index (χ4n) is 4.37. The van der Waals surface area contributed by atoms with Crippen molar-refractivity contribution in [2.75, 3.05) is 20.1 Å². The van der Waals surface area contributed by atoms with Crippen molar-refractivity contribution >= 4 is 46.1 Å². The topological polar surface area (TPSA) is 115 Å². The number of fused-ring (bicyclic) bond motifs is 1. The number of nitrogens with one attached hydrogen (secondary N) is 3. The lowest BCUT2D eigenvalue weighted by atomic mass is 10.0. The maximum absolute atomic E-state index is 13.5. The number of likely N-dealkylation sites (N-methyl/N-ethyl adjacent to an activating group) is 1. The molecule has 2 atom stereocenters. The fraction of sp³-hybridized carbons (Fsp3) is 0.308. The molecule has 2 aromatic carbocycles. The van der Waals surface area contributed by atoms with E-state index < -0.39 is 18.0 Å². The minimum absolute atomic E-state index is 0.204. The summed E-state index contributed by atoms with van der Waals surface area (Å²) in [5.74, 6) is -1.50. The van der Waals surface area contributed by atoms with Gasteiger partial charge in [-0.1, -0.05) is 48.0 Å². The first-order valence-corrected chi connectivity index (χ1v) is 12.0. The van der Waals surface area contributed by atoms with E-state index in [4.69, 9.17) is 11.6 Å². The van der Waals surface area contributed by atoms with Gasteiger partial charge in [0.2, 0.25) is 23.6 Å². The third kappa shape index (κ3) is 5.68. The Morgan fingerprint density at radius 2 is 1.86 bits per heavy atom. The minimum atomic E-state index is -0.893. The largest absolute Gasteiger partial charge is 0.361 e. The minimum Gasteiger partial charge on any atom is -0.361 e. The van der Waals surface area contributed by atoms with Crippen molar-refractivity contribution in [1.82, 2.24) is 25.4 Å². The van der Waals surface area contributed by atoms with E-state index in [1.54, 1.807) is 20.0 Å². The summed E-state index contributed by atoms with van der Waals surface area (Å²) in [6.07, 6.45) is 2.07. The number of benzene rings is 2. The molecule has 1 aliphatic rings. The number of hydrogen-bond acceptors (Lipinski definition) is 4. The molecular weight excluding hydrogens is 482 g/mol. The van der Waals surface area contributed by atoms with Crippen molar-refractivity contribution in [3.8, 4) is 0 Å². The molecule has 10 heteroatoms. The Bertz CT molecular complexity index is 1310. The number of amides is 4. The standard InChI is InChI=1S/C26H28ClN5O4/c1-16-25(35)32(14-23(33)29-16)15-24(34)30-22(11-18-12-28-21-10-6-4-8-19(18)21)26(36)31(2)13-17-7-3-5-9-20(17)27/h3-10,12,16,22,28H,11,13-15H2,1-2H3,(H,29,33)(H,30,34). The number of H-pyrrole nitrogens is 1. The van der Waals surface area contributed by atoms with Gasteiger partial charge >= 0.3 is 0 Å². The van der Waals surface area contributed by atoms with Gasteiger partial charge < -0.3 is 25.4 Å². The first kappa shape index (κ1) is 25.2. The summed E-state index contributed by atoms with van der Waals surface area (Å²) in [6.45, 7) is 1.31. The second-order valence-corrected chi connectivity index (χ2v) is 9.36. The lowest BCUT2D eigenvalue weighted by Gasteiger charge is -2.31. The van der Waals surface area contributed by atoms with Crippen LogP contribution in [0.1, 0.15) is 18.1 Å². The quantitative estimate of drug-likeness (QED) is 0.430. The van der Waals surface area contributed by atoms with Crippen molar-refractivity contribution in [2.24, 2.45) is 0 Å². The normalized spacial score (nSPS) is 16.5. The van der Waals surface area contributed by atoms with Crippen LogP contribution in [0.2, 0.25) is 5.02 Å². The van der Waals surface area contributed by atoms with Gasteiger partial charge in [-0.3, -0.25) is 19.2 Å². The van der Waals surface area contributed by atoms with Gasteiger partial charge in [0, 0.05) is 42.1 Å². The Kier molecular flexibility index (Phi) is 7.59. The van der Waals surface area contributed by atoms with Crippen molar-refractivity contribution in [2.45, 2.75) is 32.0 Å². The molecule has 0 bridgehead atoms. The number of nitrogens with zero attached hydrogens (tertiary/aromatic N) is 2. The van der Waals surface area contributed by atoms with Gasteiger partial charge in [0.15, 0.2) is 0 Å². The van der Waals surface area contributed by atoms with E-state index in [0.29, 0.717) is 5.02 Å². The zero-order valence-corrected chi connectivity index (χ0v) is 20.8. The molecule has 0 aliphatic carbocycles. The highest BCUT2D eigenvalue weighted by molar-refractivity contribution is 6.31. The van der Waals surface area contributed by atoms with E-state index in [2.05, 4.69) is 15.6 Å². The second kappa shape index (κ2) is 10.8. The van der Waals surface area contributed by atoms with Crippen molar-refractivity contribution in [1.29, 1.82) is 0 Å². The highest BCUT2D eigenvalue weighted by Gasteiger charge is 2.32. The molecule has 0 radical (unpaired) electrons. The average molecular weight is 510 g/mol. The number of aromatic amines is 1. The number of aromatic nitrogens is 1. The van der Waals surface area contributed by atoms with Crippen LogP contribution in [-0.2, 0) is 32.1 Å². The molecule has 188 valence electrons. The molecule has 2 unspecified atom stereocenters. The molecule has 1 fully saturated rings. The summed E-state index contributed by atoms with van der Waals surface area (Å²) in [5, 5.41) is 6.84. The van der Waals surface area contributed by atoms with E-state index in [-0.39, 0.29) is 43.8 Å². The van der Waals surface area contributed by atoms with Gasteiger partial charge in [0.05, 0.1) is 0 Å². The maximum atomic E-state index is 13.5. The van der Waals surface area contributed by atoms with Gasteiger partial charge in [-0.05, 0) is 30.2 Å². The van der Waals surface area contributed by atoms with E-state index >= 15 is 0 Å². The Hall–Kier alpha value is -3.85. The number of rotatable bonds is 8. The predicted octanol–water partition coefficient (Wildman–Crippen LogP) is 1.85. The van der Waals surface area contributed by atoms with Crippen LogP contribution < -0.4 is 10.6 Å². The number of piperazine rings is 1. The van der Waals surface area contributed by atoms with Crippen LogP contribution in [0.25, 0.3) is 10.9 Å². The molecule has 3 aromatic rings. The summed E-state index contributed by atoms with van der Waals surface area (Å²) in [7, 11) is 1.65. The lowest BCUT2D eigenvalue weighted by Crippen LogP contribution is -2.59. The van der Waals surface area contributed by atoms with Gasteiger partial charge in [0.25, 0.3) is 0 Å². The first-order chi connectivity index (χ1) is 17.2. The molecular formula is C26H28ClN5O4. The molecule has 9 nitrogen and oxygen atoms in total.